The zero-order chi connectivity index (χ0) is 23.2. The second kappa shape index (κ2) is 10.8. The van der Waals surface area contributed by atoms with E-state index in [-0.39, 0.29) is 12.3 Å². The van der Waals surface area contributed by atoms with E-state index in [1.54, 1.807) is 0 Å². The molecule has 0 saturated heterocycles. The second-order valence-corrected chi connectivity index (χ2v) is 9.00. The highest BCUT2D eigenvalue weighted by Crippen LogP contribution is 2.32. The van der Waals surface area contributed by atoms with Gasteiger partial charge in [0.2, 0.25) is 5.91 Å². The largest absolute Gasteiger partial charge is 0.391 e. The highest BCUT2D eigenvalue weighted by Gasteiger charge is 2.34. The predicted molar refractivity (Wildman–Crippen MR) is 129 cm³/mol. The third kappa shape index (κ3) is 5.88. The van der Waals surface area contributed by atoms with E-state index in [0.717, 1.165) is 22.3 Å². The van der Waals surface area contributed by atoms with Crippen LogP contribution in [-0.2, 0) is 24.1 Å². The molecule has 5 N–H and O–H groups in total. The molecule has 172 valence electrons. The number of aliphatic hydroxyl groups excluding tert-OH is 2. The molecule has 3 aromatic rings. The van der Waals surface area contributed by atoms with Crippen molar-refractivity contribution in [2.24, 2.45) is 11.7 Å². The van der Waals surface area contributed by atoms with Gasteiger partial charge in [-0.2, -0.15) is 0 Å². The molecule has 3 aromatic carbocycles. The van der Waals surface area contributed by atoms with Crippen molar-refractivity contribution in [2.75, 3.05) is 0 Å². The Labute approximate surface area is 195 Å². The van der Waals surface area contributed by atoms with Gasteiger partial charge < -0.3 is 21.3 Å². The molecule has 0 unspecified atom stereocenters. The van der Waals surface area contributed by atoms with Crippen LogP contribution < -0.4 is 11.1 Å². The van der Waals surface area contributed by atoms with Crippen LogP contribution >= 0.6 is 0 Å². The molecule has 1 aliphatic carbocycles. The highest BCUT2D eigenvalue weighted by atomic mass is 16.3. The number of aliphatic hydroxyl groups is 2. The highest BCUT2D eigenvalue weighted by molar-refractivity contribution is 5.80. The van der Waals surface area contributed by atoms with E-state index in [1.807, 2.05) is 84.9 Å². The number of hydrogen-bond donors (Lipinski definition) is 4. The molecule has 1 aliphatic rings. The van der Waals surface area contributed by atoms with Crippen molar-refractivity contribution in [3.8, 4) is 0 Å². The summed E-state index contributed by atoms with van der Waals surface area (Å²) in [7, 11) is 0. The van der Waals surface area contributed by atoms with Crippen molar-refractivity contribution in [1.29, 1.82) is 0 Å². The van der Waals surface area contributed by atoms with Gasteiger partial charge in [0, 0.05) is 18.4 Å². The van der Waals surface area contributed by atoms with Crippen LogP contribution in [0.25, 0.3) is 0 Å². The van der Waals surface area contributed by atoms with Crippen molar-refractivity contribution in [3.63, 3.8) is 0 Å². The number of nitrogens with two attached hydrogens (primary N) is 1. The van der Waals surface area contributed by atoms with Gasteiger partial charge in [0.15, 0.2) is 0 Å². The van der Waals surface area contributed by atoms with E-state index in [9.17, 15) is 15.0 Å². The summed E-state index contributed by atoms with van der Waals surface area (Å²) in [6, 6.07) is 26.5. The van der Waals surface area contributed by atoms with Crippen LogP contribution in [0, 0.1) is 5.92 Å². The van der Waals surface area contributed by atoms with Crippen LogP contribution in [0.5, 0.6) is 0 Å². The minimum absolute atomic E-state index is 0.175. The average molecular weight is 445 g/mol. The minimum Gasteiger partial charge on any atom is -0.391 e. The van der Waals surface area contributed by atoms with E-state index in [0.29, 0.717) is 19.3 Å². The first-order valence-electron chi connectivity index (χ1n) is 11.6. The van der Waals surface area contributed by atoms with Crippen LogP contribution in [0.3, 0.4) is 0 Å². The van der Waals surface area contributed by atoms with Gasteiger partial charge in [-0.05, 0) is 41.5 Å². The van der Waals surface area contributed by atoms with Crippen LogP contribution in [0.1, 0.15) is 34.7 Å². The topological polar surface area (TPSA) is 95.6 Å². The lowest BCUT2D eigenvalue weighted by molar-refractivity contribution is -0.127. The lowest BCUT2D eigenvalue weighted by Gasteiger charge is -2.26. The maximum Gasteiger partial charge on any atom is 0.224 e. The van der Waals surface area contributed by atoms with Gasteiger partial charge in [0.05, 0.1) is 18.2 Å². The SMILES string of the molecule is N[C@@H](Cc1ccccc1)[C@@H](O)C[C@@H](Cc1ccccc1)C(=O)N[C@H]1c2ccccc2C[C@H]1O. The van der Waals surface area contributed by atoms with Gasteiger partial charge in [-0.15, -0.1) is 0 Å². The number of benzene rings is 3. The summed E-state index contributed by atoms with van der Waals surface area (Å²) in [5.41, 5.74) is 10.4. The summed E-state index contributed by atoms with van der Waals surface area (Å²) in [5.74, 6) is -0.644. The number of nitrogens with one attached hydrogen (secondary N) is 1. The van der Waals surface area contributed by atoms with Crippen molar-refractivity contribution in [1.82, 2.24) is 5.32 Å². The molecule has 0 radical (unpaired) electrons. The van der Waals surface area contributed by atoms with Gasteiger partial charge in [-0.25, -0.2) is 0 Å². The van der Waals surface area contributed by atoms with Gasteiger partial charge in [0.1, 0.15) is 0 Å². The van der Waals surface area contributed by atoms with Crippen molar-refractivity contribution in [3.05, 3.63) is 107 Å². The third-order valence-corrected chi connectivity index (χ3v) is 6.53. The Kier molecular flexibility index (Phi) is 7.55. The van der Waals surface area contributed by atoms with E-state index < -0.39 is 30.2 Å². The number of carbonyl (C=O) groups is 1. The molecule has 5 nitrogen and oxygen atoms in total. The lowest BCUT2D eigenvalue weighted by atomic mass is 9.88. The Balaban J connectivity index is 1.47. The number of fused-ring (bicyclic) bond motifs is 1. The van der Waals surface area contributed by atoms with Crippen LogP contribution in [0.2, 0.25) is 0 Å². The molecular formula is C28H32N2O3. The number of hydrogen-bond acceptors (Lipinski definition) is 4. The summed E-state index contributed by atoms with van der Waals surface area (Å²) >= 11 is 0. The first kappa shape index (κ1) is 23.2. The maximum absolute atomic E-state index is 13.4. The quantitative estimate of drug-likeness (QED) is 0.408. The zero-order valence-corrected chi connectivity index (χ0v) is 18.7. The Bertz CT molecular complexity index is 1040. The van der Waals surface area contributed by atoms with E-state index >= 15 is 0 Å². The van der Waals surface area contributed by atoms with Crippen molar-refractivity contribution >= 4 is 5.91 Å². The Morgan fingerprint density at radius 3 is 2.15 bits per heavy atom. The van der Waals surface area contributed by atoms with Crippen molar-refractivity contribution < 1.29 is 15.0 Å². The molecule has 0 heterocycles. The first-order chi connectivity index (χ1) is 16.0. The fourth-order valence-electron chi connectivity index (χ4n) is 4.69. The molecule has 0 saturated carbocycles. The molecule has 4 rings (SSSR count). The Hall–Kier alpha value is -2.99. The summed E-state index contributed by atoms with van der Waals surface area (Å²) < 4.78 is 0. The van der Waals surface area contributed by atoms with Gasteiger partial charge in [0.25, 0.3) is 0 Å². The standard InChI is InChI=1S/C28H32N2O3/c29-24(16-20-11-5-2-6-12-20)25(31)18-22(15-19-9-3-1-4-10-19)28(33)30-27-23-14-8-7-13-21(23)17-26(27)32/h1-14,22,24-27,31-32H,15-18,29H2,(H,30,33)/t22-,24+,25+,26-,27+/m1/s1. The van der Waals surface area contributed by atoms with Crippen LogP contribution in [0.15, 0.2) is 84.9 Å². The van der Waals surface area contributed by atoms with Gasteiger partial charge >= 0.3 is 0 Å². The molecule has 0 aliphatic heterocycles. The monoisotopic (exact) mass is 444 g/mol. The van der Waals surface area contributed by atoms with E-state index in [1.165, 1.54) is 0 Å². The smallest absolute Gasteiger partial charge is 0.224 e. The molecule has 1 amide bonds. The van der Waals surface area contributed by atoms with Gasteiger partial charge in [-0.1, -0.05) is 84.9 Å². The Morgan fingerprint density at radius 1 is 0.909 bits per heavy atom. The fourth-order valence-corrected chi connectivity index (χ4v) is 4.69. The van der Waals surface area contributed by atoms with Crippen LogP contribution in [0.4, 0.5) is 0 Å². The molecular weight excluding hydrogens is 412 g/mol. The molecule has 0 bridgehead atoms. The second-order valence-electron chi connectivity index (χ2n) is 9.00. The van der Waals surface area contributed by atoms with Crippen molar-refractivity contribution in [2.45, 2.75) is 50.0 Å². The summed E-state index contributed by atoms with van der Waals surface area (Å²) in [4.78, 5) is 13.4. The summed E-state index contributed by atoms with van der Waals surface area (Å²) in [5, 5.41) is 24.5. The summed E-state index contributed by atoms with van der Waals surface area (Å²) in [6.45, 7) is 0. The van der Waals surface area contributed by atoms with E-state index in [4.69, 9.17) is 5.73 Å². The minimum atomic E-state index is -0.828. The molecule has 0 aromatic heterocycles. The maximum atomic E-state index is 13.4. The number of carbonyl (C=O) groups excluding carboxylic acids is 1. The lowest BCUT2D eigenvalue weighted by Crippen LogP contribution is -2.43. The average Bonchev–Trinajstić information content (AvgIpc) is 3.14. The molecule has 5 heteroatoms. The molecule has 33 heavy (non-hydrogen) atoms. The number of rotatable bonds is 9. The summed E-state index contributed by atoms with van der Waals surface area (Å²) in [6.07, 6.45) is 0.316. The molecule has 0 fully saturated rings. The zero-order valence-electron chi connectivity index (χ0n) is 18.7. The van der Waals surface area contributed by atoms with Crippen LogP contribution in [-0.4, -0.2) is 34.4 Å². The Morgan fingerprint density at radius 2 is 1.48 bits per heavy atom. The fraction of sp³-hybridized carbons (Fsp3) is 0.321. The first-order valence-corrected chi connectivity index (χ1v) is 11.6. The molecule has 5 atom stereocenters. The number of amides is 1. The van der Waals surface area contributed by atoms with Gasteiger partial charge in [-0.3, -0.25) is 4.79 Å². The van der Waals surface area contributed by atoms with E-state index in [2.05, 4.69) is 5.32 Å². The molecule has 0 spiro atoms. The third-order valence-electron chi connectivity index (χ3n) is 6.53. The predicted octanol–water partition coefficient (Wildman–Crippen LogP) is 2.94. The normalized spacial score (nSPS) is 20.0.